The Morgan fingerprint density at radius 2 is 0.923 bits per heavy atom. The molecule has 1 aromatic heterocycles. The minimum Gasteiger partial charge on any atom is -0.310 e. The molecule has 12 aromatic rings. The van der Waals surface area contributed by atoms with Crippen molar-refractivity contribution in [2.24, 2.45) is 0 Å². The summed E-state index contributed by atoms with van der Waals surface area (Å²) in [5, 5.41) is 7.51. The first-order chi connectivity index (χ1) is 32.3. The van der Waals surface area contributed by atoms with Crippen molar-refractivity contribution in [2.75, 3.05) is 4.90 Å². The van der Waals surface area contributed by atoms with Gasteiger partial charge in [-0.2, -0.15) is 0 Å². The lowest BCUT2D eigenvalue weighted by molar-refractivity contribution is 0.768. The maximum absolute atomic E-state index is 2.53. The molecular weight excluding hydrogens is 785 g/mol. The molecule has 0 amide bonds. The molecule has 65 heavy (non-hydrogen) atoms. The third-order valence-electron chi connectivity index (χ3n) is 13.8. The molecule has 0 unspecified atom stereocenters. The summed E-state index contributed by atoms with van der Waals surface area (Å²) in [5.41, 5.74) is 16.3. The summed E-state index contributed by atoms with van der Waals surface area (Å²) in [6.45, 7) is 0. The minimum absolute atomic E-state index is 0.554. The van der Waals surface area contributed by atoms with E-state index in [1.165, 1.54) is 76.7 Å². The first-order valence-corrected chi connectivity index (χ1v) is 22.5. The Morgan fingerprint density at radius 1 is 0.354 bits per heavy atom. The van der Waals surface area contributed by atoms with Crippen molar-refractivity contribution in [3.05, 3.63) is 277 Å². The van der Waals surface area contributed by atoms with Crippen LogP contribution < -0.4 is 4.90 Å². The van der Waals surface area contributed by atoms with Crippen LogP contribution >= 0.6 is 0 Å². The van der Waals surface area contributed by atoms with Gasteiger partial charge < -0.3 is 9.47 Å². The fourth-order valence-corrected chi connectivity index (χ4v) is 11.1. The van der Waals surface area contributed by atoms with Crippen molar-refractivity contribution in [2.45, 2.75) is 5.41 Å². The highest BCUT2D eigenvalue weighted by Gasteiger charge is 2.47. The molecule has 1 aliphatic rings. The molecule has 0 spiro atoms. The van der Waals surface area contributed by atoms with Crippen LogP contribution in [0.2, 0.25) is 0 Å². The highest BCUT2D eigenvalue weighted by molar-refractivity contribution is 6.22. The van der Waals surface area contributed by atoms with Crippen molar-refractivity contribution >= 4 is 60.4 Å². The van der Waals surface area contributed by atoms with Crippen LogP contribution in [-0.2, 0) is 5.41 Å². The van der Waals surface area contributed by atoms with Crippen LogP contribution in [0, 0.1) is 0 Å². The smallest absolute Gasteiger partial charge is 0.0714 e. The van der Waals surface area contributed by atoms with E-state index in [1.54, 1.807) is 0 Å². The summed E-state index contributed by atoms with van der Waals surface area (Å²) >= 11 is 0. The molecule has 13 rings (SSSR count). The van der Waals surface area contributed by atoms with Crippen LogP contribution in [0.4, 0.5) is 17.1 Å². The molecule has 0 N–H and O–H groups in total. The Bertz CT molecular complexity index is 3680. The number of anilines is 3. The van der Waals surface area contributed by atoms with E-state index in [1.807, 2.05) is 0 Å². The second-order valence-corrected chi connectivity index (χ2v) is 17.2. The average molecular weight is 827 g/mol. The molecule has 11 aromatic carbocycles. The van der Waals surface area contributed by atoms with Gasteiger partial charge >= 0.3 is 0 Å². The monoisotopic (exact) mass is 826 g/mol. The predicted molar refractivity (Wildman–Crippen MR) is 273 cm³/mol. The molecular formula is C63H42N2. The molecule has 1 heterocycles. The Kier molecular flexibility index (Phi) is 8.47. The van der Waals surface area contributed by atoms with Crippen molar-refractivity contribution in [1.82, 2.24) is 4.57 Å². The Morgan fingerprint density at radius 3 is 1.62 bits per heavy atom. The largest absolute Gasteiger partial charge is 0.310 e. The Hall–Kier alpha value is -8.46. The van der Waals surface area contributed by atoms with E-state index < -0.39 is 5.41 Å². The van der Waals surface area contributed by atoms with E-state index in [4.69, 9.17) is 0 Å². The molecule has 1 aliphatic carbocycles. The van der Waals surface area contributed by atoms with Gasteiger partial charge in [-0.25, -0.2) is 0 Å². The molecule has 0 aliphatic heterocycles. The van der Waals surface area contributed by atoms with Crippen molar-refractivity contribution in [1.29, 1.82) is 0 Å². The van der Waals surface area contributed by atoms with E-state index in [9.17, 15) is 0 Å². The summed E-state index contributed by atoms with van der Waals surface area (Å²) in [7, 11) is 0. The Balaban J connectivity index is 1.11. The van der Waals surface area contributed by atoms with Gasteiger partial charge in [-0.15, -0.1) is 0 Å². The minimum atomic E-state index is -0.554. The van der Waals surface area contributed by atoms with Gasteiger partial charge in [-0.1, -0.05) is 200 Å². The van der Waals surface area contributed by atoms with Crippen LogP contribution in [0.15, 0.2) is 255 Å². The summed E-state index contributed by atoms with van der Waals surface area (Å²) in [5.74, 6) is 0. The number of hydrogen-bond donors (Lipinski definition) is 0. The molecule has 0 atom stereocenters. The molecule has 2 heteroatoms. The van der Waals surface area contributed by atoms with E-state index in [0.717, 1.165) is 33.9 Å². The lowest BCUT2D eigenvalue weighted by Gasteiger charge is -2.34. The summed E-state index contributed by atoms with van der Waals surface area (Å²) in [4.78, 5) is 2.37. The number of rotatable bonds is 7. The molecule has 0 saturated heterocycles. The van der Waals surface area contributed by atoms with Gasteiger partial charge in [-0.3, -0.25) is 0 Å². The zero-order valence-electron chi connectivity index (χ0n) is 35.6. The summed E-state index contributed by atoms with van der Waals surface area (Å²) < 4.78 is 2.53. The molecule has 0 radical (unpaired) electrons. The van der Waals surface area contributed by atoms with Crippen LogP contribution in [-0.4, -0.2) is 4.57 Å². The van der Waals surface area contributed by atoms with Crippen molar-refractivity contribution in [3.8, 4) is 27.9 Å². The number of fused-ring (bicyclic) bond motifs is 10. The van der Waals surface area contributed by atoms with E-state index in [-0.39, 0.29) is 0 Å². The first kappa shape index (κ1) is 37.1. The van der Waals surface area contributed by atoms with Gasteiger partial charge in [0, 0.05) is 33.4 Å². The number of hydrogen-bond acceptors (Lipinski definition) is 1. The molecule has 0 bridgehead atoms. The zero-order chi connectivity index (χ0) is 42.9. The van der Waals surface area contributed by atoms with Crippen LogP contribution in [0.1, 0.15) is 22.3 Å². The van der Waals surface area contributed by atoms with E-state index in [0.29, 0.717) is 0 Å². The zero-order valence-corrected chi connectivity index (χ0v) is 35.6. The fourth-order valence-electron chi connectivity index (χ4n) is 11.1. The molecule has 0 fully saturated rings. The SMILES string of the molecule is c1ccc(N(c2ccccc2)c2ccccc2-c2ccc3c4c5ccccc5ccc4n(-c4ccc5c(c4)C(c4ccccc4)(c4ccccc4)c4ccc6ccccc6c4-5)c3c2)cc1. The van der Waals surface area contributed by atoms with Gasteiger partial charge in [0.1, 0.15) is 0 Å². The van der Waals surface area contributed by atoms with Gasteiger partial charge in [-0.05, 0) is 115 Å². The third-order valence-corrected chi connectivity index (χ3v) is 13.8. The number of aromatic nitrogens is 1. The van der Waals surface area contributed by atoms with Crippen LogP contribution in [0.5, 0.6) is 0 Å². The topological polar surface area (TPSA) is 8.17 Å². The van der Waals surface area contributed by atoms with E-state index in [2.05, 4.69) is 264 Å². The summed E-state index contributed by atoms with van der Waals surface area (Å²) in [6.07, 6.45) is 0. The first-order valence-electron chi connectivity index (χ1n) is 22.5. The van der Waals surface area contributed by atoms with Crippen molar-refractivity contribution < 1.29 is 0 Å². The standard InChI is InChI=1S/C63H42N2/c1-5-21-46(22-6-1)63(47-23-7-2-8-24-47)56-39-34-43-19-13-15-30-52(43)61(56)54-38-36-50(42-57(54)63)65-59-40-35-44-20-14-16-31-53(44)62(59)55-37-33-45(41-60(55)65)51-29-17-18-32-58(51)64(48-25-9-3-10-26-48)49-27-11-4-12-28-49/h1-42H. The van der Waals surface area contributed by atoms with Gasteiger partial charge in [0.2, 0.25) is 0 Å². The van der Waals surface area contributed by atoms with Gasteiger partial charge in [0.15, 0.2) is 0 Å². The molecule has 0 saturated carbocycles. The highest BCUT2D eigenvalue weighted by atomic mass is 15.1. The number of nitrogens with zero attached hydrogens (tertiary/aromatic N) is 2. The molecule has 304 valence electrons. The van der Waals surface area contributed by atoms with Crippen LogP contribution in [0.3, 0.4) is 0 Å². The second-order valence-electron chi connectivity index (χ2n) is 17.2. The third kappa shape index (κ3) is 5.60. The predicted octanol–water partition coefficient (Wildman–Crippen LogP) is 16.6. The molecule has 2 nitrogen and oxygen atoms in total. The van der Waals surface area contributed by atoms with Gasteiger partial charge in [0.05, 0.1) is 22.1 Å². The highest BCUT2D eigenvalue weighted by Crippen LogP contribution is 2.58. The maximum Gasteiger partial charge on any atom is 0.0714 e. The lowest BCUT2D eigenvalue weighted by atomic mass is 9.67. The number of benzene rings is 11. The fraction of sp³-hybridized carbons (Fsp3) is 0.0159. The maximum atomic E-state index is 2.53. The number of para-hydroxylation sites is 3. The van der Waals surface area contributed by atoms with E-state index >= 15 is 0 Å². The van der Waals surface area contributed by atoms with Crippen LogP contribution in [0.25, 0.3) is 71.3 Å². The quantitative estimate of drug-likeness (QED) is 0.155. The second kappa shape index (κ2) is 14.8. The lowest BCUT2D eigenvalue weighted by Crippen LogP contribution is -2.28. The normalized spacial score (nSPS) is 12.7. The van der Waals surface area contributed by atoms with Gasteiger partial charge in [0.25, 0.3) is 0 Å². The average Bonchev–Trinajstić information content (AvgIpc) is 3.88. The summed E-state index contributed by atoms with van der Waals surface area (Å²) in [6, 6.07) is 93.9. The Labute approximate surface area is 378 Å². The van der Waals surface area contributed by atoms with Crippen molar-refractivity contribution in [3.63, 3.8) is 0 Å².